The first kappa shape index (κ1) is 29.0. The quantitative estimate of drug-likeness (QED) is 0.260. The van der Waals surface area contributed by atoms with Gasteiger partial charge in [0.25, 0.3) is 0 Å². The maximum absolute atomic E-state index is 14.6. The molecule has 1 aliphatic carbocycles. The lowest BCUT2D eigenvalue weighted by Crippen LogP contribution is -2.44. The van der Waals surface area contributed by atoms with E-state index in [2.05, 4.69) is 4.90 Å². The number of alkyl halides is 6. The van der Waals surface area contributed by atoms with Gasteiger partial charge in [-0.2, -0.15) is 26.3 Å². The summed E-state index contributed by atoms with van der Waals surface area (Å²) in [5, 5.41) is 0.498. The van der Waals surface area contributed by atoms with E-state index in [1.54, 1.807) is 24.3 Å². The summed E-state index contributed by atoms with van der Waals surface area (Å²) in [5.74, 6) is -2.19. The Hall–Kier alpha value is -2.49. The minimum absolute atomic E-state index is 0.0543. The molecule has 0 spiro atoms. The van der Waals surface area contributed by atoms with Gasteiger partial charge >= 0.3 is 18.3 Å². The zero-order valence-electron chi connectivity index (χ0n) is 22.7. The highest BCUT2D eigenvalue weighted by Crippen LogP contribution is 2.46. The van der Waals surface area contributed by atoms with Crippen molar-refractivity contribution in [2.45, 2.75) is 108 Å². The fourth-order valence-corrected chi connectivity index (χ4v) is 6.88. The summed E-state index contributed by atoms with van der Waals surface area (Å²) in [6.07, 6.45) is -7.14. The Labute approximate surface area is 230 Å². The lowest BCUT2D eigenvalue weighted by molar-refractivity contribution is -0.185. The Morgan fingerprint density at radius 2 is 1.57 bits per heavy atom. The average molecular weight is 572 g/mol. The van der Waals surface area contributed by atoms with E-state index in [0.29, 0.717) is 30.3 Å². The first-order valence-electron chi connectivity index (χ1n) is 14.1. The summed E-state index contributed by atoms with van der Waals surface area (Å²) < 4.78 is 94.3. The van der Waals surface area contributed by atoms with Crippen LogP contribution in [0, 0.1) is 11.8 Å². The van der Waals surface area contributed by atoms with Crippen LogP contribution in [0.1, 0.15) is 76.3 Å². The summed E-state index contributed by atoms with van der Waals surface area (Å²) in [4.78, 5) is 14.8. The summed E-state index contributed by atoms with van der Waals surface area (Å²) in [6, 6.07) is 8.12. The number of rotatable bonds is 6. The molecular weight excluding hydrogens is 536 g/mol. The van der Waals surface area contributed by atoms with Crippen molar-refractivity contribution in [3.63, 3.8) is 0 Å². The highest BCUT2D eigenvalue weighted by molar-refractivity contribution is 5.91. The molecule has 2 unspecified atom stereocenters. The van der Waals surface area contributed by atoms with Gasteiger partial charge in [0.15, 0.2) is 0 Å². The standard InChI is InChI=1S/C30H35F6NO3/c1-17(2)39-28(38)20-14-22-9-10-23(15-20)37(22)16-19-5-3-4-18-6-13-25(27(26(18)19)30(34,35)36)40-24-11-7-21(8-12-24)29(31,32)33/h3-6,13,17,20-24H,7-12,14-16H2,1-2H3/t20?,21-,22?,23?,24+. The third-order valence-electron chi connectivity index (χ3n) is 8.73. The number of benzene rings is 2. The van der Waals surface area contributed by atoms with Crippen LogP contribution in [0.3, 0.4) is 0 Å². The van der Waals surface area contributed by atoms with Gasteiger partial charge in [-0.05, 0) is 82.2 Å². The van der Waals surface area contributed by atoms with Crippen LogP contribution < -0.4 is 4.74 Å². The van der Waals surface area contributed by atoms with Crippen LogP contribution in [-0.4, -0.2) is 41.3 Å². The molecule has 3 aliphatic rings. The molecule has 0 N–H and O–H groups in total. The number of carbonyl (C=O) groups is 1. The molecule has 3 fully saturated rings. The summed E-state index contributed by atoms with van der Waals surface area (Å²) in [5.41, 5.74) is -0.350. The molecule has 2 bridgehead atoms. The summed E-state index contributed by atoms with van der Waals surface area (Å²) >= 11 is 0. The largest absolute Gasteiger partial charge is 0.490 e. The van der Waals surface area contributed by atoms with Crippen LogP contribution in [0.25, 0.3) is 10.8 Å². The zero-order chi connectivity index (χ0) is 28.8. The fourth-order valence-electron chi connectivity index (χ4n) is 6.88. The Morgan fingerprint density at radius 1 is 0.925 bits per heavy atom. The molecule has 0 radical (unpaired) electrons. The van der Waals surface area contributed by atoms with E-state index in [-0.39, 0.29) is 66.9 Å². The topological polar surface area (TPSA) is 38.8 Å². The zero-order valence-corrected chi connectivity index (χ0v) is 22.7. The highest BCUT2D eigenvalue weighted by atomic mass is 19.4. The van der Waals surface area contributed by atoms with E-state index in [0.717, 1.165) is 12.8 Å². The van der Waals surface area contributed by atoms with Gasteiger partial charge in [-0.15, -0.1) is 0 Å². The molecule has 10 heteroatoms. The Kier molecular flexibility index (Phi) is 8.03. The number of ether oxygens (including phenoxy) is 2. The van der Waals surface area contributed by atoms with Crippen molar-refractivity contribution in [2.24, 2.45) is 11.8 Å². The molecule has 2 aliphatic heterocycles. The lowest BCUT2D eigenvalue weighted by atomic mass is 9.87. The van der Waals surface area contributed by atoms with Crippen molar-refractivity contribution in [1.82, 2.24) is 4.90 Å². The smallest absolute Gasteiger partial charge is 0.420 e. The second-order valence-corrected chi connectivity index (χ2v) is 11.8. The van der Waals surface area contributed by atoms with Crippen LogP contribution in [0.4, 0.5) is 26.3 Å². The minimum atomic E-state index is -4.72. The number of fused-ring (bicyclic) bond motifs is 3. The van der Waals surface area contributed by atoms with E-state index >= 15 is 0 Å². The predicted octanol–water partition coefficient (Wildman–Crippen LogP) is 8.05. The van der Waals surface area contributed by atoms with E-state index in [1.807, 2.05) is 13.8 Å². The number of hydrogen-bond acceptors (Lipinski definition) is 4. The van der Waals surface area contributed by atoms with Gasteiger partial charge in [0, 0.05) is 24.0 Å². The molecule has 220 valence electrons. The van der Waals surface area contributed by atoms with Crippen molar-refractivity contribution in [3.05, 3.63) is 41.5 Å². The second kappa shape index (κ2) is 11.1. The second-order valence-electron chi connectivity index (χ2n) is 11.8. The van der Waals surface area contributed by atoms with Crippen molar-refractivity contribution >= 4 is 16.7 Å². The Morgan fingerprint density at radius 3 is 2.15 bits per heavy atom. The fraction of sp³-hybridized carbons (Fsp3) is 0.633. The number of hydrogen-bond donors (Lipinski definition) is 0. The van der Waals surface area contributed by atoms with Crippen LogP contribution in [-0.2, 0) is 22.3 Å². The number of esters is 1. The monoisotopic (exact) mass is 571 g/mol. The SMILES string of the molecule is CC(C)OC(=O)C1CC2CCC(C1)N2Cc1cccc2ccc(O[C@H]3CC[C@@H](C(F)(F)F)CC3)c(C(F)(F)F)c12. The van der Waals surface area contributed by atoms with Crippen molar-refractivity contribution in [2.75, 3.05) is 0 Å². The summed E-state index contributed by atoms with van der Waals surface area (Å²) in [7, 11) is 0. The van der Waals surface area contributed by atoms with Gasteiger partial charge in [-0.3, -0.25) is 9.69 Å². The number of carbonyl (C=O) groups excluding carboxylic acids is 1. The van der Waals surface area contributed by atoms with Gasteiger partial charge in [0.05, 0.1) is 24.0 Å². The van der Waals surface area contributed by atoms with Crippen molar-refractivity contribution < 1.29 is 40.6 Å². The van der Waals surface area contributed by atoms with E-state index in [4.69, 9.17) is 9.47 Å². The number of piperidine rings is 1. The molecule has 0 aromatic heterocycles. The number of halogens is 6. The molecule has 5 rings (SSSR count). The van der Waals surface area contributed by atoms with E-state index < -0.39 is 29.9 Å². The van der Waals surface area contributed by atoms with Gasteiger partial charge in [-0.1, -0.05) is 24.3 Å². The van der Waals surface area contributed by atoms with Gasteiger partial charge in [0.2, 0.25) is 0 Å². The average Bonchev–Trinajstić information content (AvgIpc) is 3.08. The molecule has 40 heavy (non-hydrogen) atoms. The van der Waals surface area contributed by atoms with Crippen LogP contribution >= 0.6 is 0 Å². The van der Waals surface area contributed by atoms with Crippen molar-refractivity contribution in [1.29, 1.82) is 0 Å². The minimum Gasteiger partial charge on any atom is -0.490 e. The molecule has 2 saturated heterocycles. The van der Waals surface area contributed by atoms with Crippen LogP contribution in [0.5, 0.6) is 5.75 Å². The molecular formula is C30H35F6NO3. The van der Waals surface area contributed by atoms with Gasteiger partial charge in [-0.25, -0.2) is 0 Å². The van der Waals surface area contributed by atoms with Gasteiger partial charge in [0.1, 0.15) is 11.3 Å². The van der Waals surface area contributed by atoms with Crippen molar-refractivity contribution in [3.8, 4) is 5.75 Å². The lowest BCUT2D eigenvalue weighted by Gasteiger charge is -2.38. The third kappa shape index (κ3) is 6.06. The summed E-state index contributed by atoms with van der Waals surface area (Å²) in [6.45, 7) is 3.93. The molecule has 0 amide bonds. The maximum Gasteiger partial charge on any atom is 0.420 e. The molecule has 1 saturated carbocycles. The predicted molar refractivity (Wildman–Crippen MR) is 138 cm³/mol. The van der Waals surface area contributed by atoms with Crippen LogP contribution in [0.15, 0.2) is 30.3 Å². The van der Waals surface area contributed by atoms with Gasteiger partial charge < -0.3 is 9.47 Å². The number of nitrogens with zero attached hydrogens (tertiary/aromatic N) is 1. The molecule has 4 nitrogen and oxygen atoms in total. The molecule has 2 aromatic carbocycles. The van der Waals surface area contributed by atoms with E-state index in [9.17, 15) is 31.1 Å². The Balaban J connectivity index is 1.41. The first-order valence-corrected chi connectivity index (χ1v) is 14.1. The van der Waals surface area contributed by atoms with Crippen LogP contribution in [0.2, 0.25) is 0 Å². The highest BCUT2D eigenvalue weighted by Gasteiger charge is 2.45. The van der Waals surface area contributed by atoms with E-state index in [1.165, 1.54) is 6.07 Å². The molecule has 2 heterocycles. The normalized spacial score (nSPS) is 27.8. The molecule has 2 atom stereocenters. The Bertz CT molecular complexity index is 1200. The first-order chi connectivity index (χ1) is 18.8. The molecule has 2 aromatic rings. The third-order valence-corrected chi connectivity index (χ3v) is 8.73. The maximum atomic E-state index is 14.6.